The Bertz CT molecular complexity index is 737. The molecule has 0 aromatic heterocycles. The smallest absolute Gasteiger partial charge is 0.162 e. The van der Waals surface area contributed by atoms with Crippen molar-refractivity contribution < 1.29 is 9.84 Å². The van der Waals surface area contributed by atoms with Gasteiger partial charge in [0, 0.05) is 30.7 Å². The summed E-state index contributed by atoms with van der Waals surface area (Å²) in [5.74, 6) is 0.791. The number of methoxy groups -OCH3 is 1. The van der Waals surface area contributed by atoms with Crippen LogP contribution in [0.1, 0.15) is 29.5 Å². The van der Waals surface area contributed by atoms with E-state index >= 15 is 0 Å². The summed E-state index contributed by atoms with van der Waals surface area (Å²) in [5.41, 5.74) is 3.94. The van der Waals surface area contributed by atoms with Crippen LogP contribution in [0.3, 0.4) is 0 Å². The van der Waals surface area contributed by atoms with E-state index in [2.05, 4.69) is 34.5 Å². The maximum atomic E-state index is 10.3. The first-order valence-electron chi connectivity index (χ1n) is 9.63. The van der Waals surface area contributed by atoms with Crippen LogP contribution in [-0.4, -0.2) is 42.3 Å². The van der Waals surface area contributed by atoms with Gasteiger partial charge in [0.2, 0.25) is 0 Å². The second-order valence-corrected chi connectivity index (χ2v) is 7.51. The Labute approximate surface area is 155 Å². The zero-order chi connectivity index (χ0) is 17.9. The molecule has 1 unspecified atom stereocenters. The maximum Gasteiger partial charge on any atom is 0.162 e. The molecule has 4 nitrogen and oxygen atoms in total. The number of phenols is 1. The molecule has 1 heterocycles. The molecule has 2 aromatic rings. The van der Waals surface area contributed by atoms with Crippen molar-refractivity contribution in [3.8, 4) is 11.5 Å². The number of likely N-dealkylation sites (tertiary alicyclic amines) is 1. The minimum atomic E-state index is 0.251. The number of ether oxygens (including phenoxy) is 1. The van der Waals surface area contributed by atoms with Crippen molar-refractivity contribution in [3.05, 3.63) is 59.2 Å². The molecule has 0 amide bonds. The Balaban J connectivity index is 1.35. The second kappa shape index (κ2) is 7.68. The van der Waals surface area contributed by atoms with Crippen molar-refractivity contribution in [1.29, 1.82) is 0 Å². The van der Waals surface area contributed by atoms with Crippen LogP contribution in [0.25, 0.3) is 0 Å². The normalized spacial score (nSPS) is 20.9. The van der Waals surface area contributed by atoms with Gasteiger partial charge in [-0.2, -0.15) is 0 Å². The third kappa shape index (κ3) is 3.57. The highest BCUT2D eigenvalue weighted by Crippen LogP contribution is 2.30. The molecule has 1 aliphatic heterocycles. The van der Waals surface area contributed by atoms with Gasteiger partial charge in [-0.25, -0.2) is 0 Å². The van der Waals surface area contributed by atoms with Gasteiger partial charge in [0.25, 0.3) is 0 Å². The number of hydrogen-bond donors (Lipinski definition) is 2. The molecule has 2 N–H and O–H groups in total. The lowest BCUT2D eigenvalue weighted by atomic mass is 10.0. The van der Waals surface area contributed by atoms with E-state index in [1.54, 1.807) is 13.2 Å². The molecule has 1 fully saturated rings. The number of nitrogens with one attached hydrogen (secondary N) is 1. The second-order valence-electron chi connectivity index (χ2n) is 7.51. The molecular formula is C22H28N2O2. The van der Waals surface area contributed by atoms with Gasteiger partial charge in [-0.15, -0.1) is 0 Å². The summed E-state index contributed by atoms with van der Waals surface area (Å²) in [6.45, 7) is 2.96. The van der Waals surface area contributed by atoms with Crippen molar-refractivity contribution in [2.24, 2.45) is 0 Å². The van der Waals surface area contributed by atoms with Crippen LogP contribution in [0.2, 0.25) is 0 Å². The first kappa shape index (κ1) is 17.4. The van der Waals surface area contributed by atoms with E-state index in [0.717, 1.165) is 12.1 Å². The fourth-order valence-corrected chi connectivity index (χ4v) is 4.43. The number of para-hydroxylation sites is 1. The lowest BCUT2D eigenvalue weighted by Gasteiger charge is -2.37. The average molecular weight is 352 g/mol. The first-order chi connectivity index (χ1) is 12.7. The predicted octanol–water partition coefficient (Wildman–Crippen LogP) is 3.12. The third-order valence-corrected chi connectivity index (χ3v) is 5.88. The van der Waals surface area contributed by atoms with Gasteiger partial charge in [0.1, 0.15) is 0 Å². The Hall–Kier alpha value is -2.04. The molecule has 138 valence electrons. The monoisotopic (exact) mass is 352 g/mol. The molecule has 1 saturated heterocycles. The highest BCUT2D eigenvalue weighted by atomic mass is 16.5. The summed E-state index contributed by atoms with van der Waals surface area (Å²) >= 11 is 0. The molecular weight excluding hydrogens is 324 g/mol. The molecule has 1 atom stereocenters. The number of nitrogens with zero attached hydrogens (tertiary/aromatic N) is 1. The molecule has 2 aliphatic rings. The summed E-state index contributed by atoms with van der Waals surface area (Å²) in [4.78, 5) is 2.66. The minimum Gasteiger partial charge on any atom is -0.504 e. The fraction of sp³-hybridized carbons (Fsp3) is 0.455. The van der Waals surface area contributed by atoms with E-state index in [0.29, 0.717) is 24.4 Å². The van der Waals surface area contributed by atoms with Crippen molar-refractivity contribution in [2.45, 2.75) is 44.3 Å². The number of aromatic hydroxyl groups is 1. The molecule has 26 heavy (non-hydrogen) atoms. The fourth-order valence-electron chi connectivity index (χ4n) is 4.43. The molecule has 0 saturated carbocycles. The highest BCUT2D eigenvalue weighted by molar-refractivity contribution is 5.45. The van der Waals surface area contributed by atoms with Gasteiger partial charge in [-0.05, 0) is 49.4 Å². The van der Waals surface area contributed by atoms with Crippen LogP contribution in [-0.2, 0) is 19.4 Å². The number of phenolic OH excluding ortho intramolecular Hbond substituents is 1. The highest BCUT2D eigenvalue weighted by Gasteiger charge is 2.30. The van der Waals surface area contributed by atoms with Crippen LogP contribution in [0.5, 0.6) is 11.5 Å². The van der Waals surface area contributed by atoms with E-state index in [9.17, 15) is 5.11 Å². The van der Waals surface area contributed by atoms with E-state index in [1.165, 1.54) is 43.4 Å². The molecule has 4 heteroatoms. The van der Waals surface area contributed by atoms with E-state index in [-0.39, 0.29) is 5.75 Å². The quantitative estimate of drug-likeness (QED) is 0.868. The Morgan fingerprint density at radius 2 is 1.88 bits per heavy atom. The zero-order valence-electron chi connectivity index (χ0n) is 15.4. The summed E-state index contributed by atoms with van der Waals surface area (Å²) in [6.07, 6.45) is 4.79. The summed E-state index contributed by atoms with van der Waals surface area (Å²) in [5, 5.41) is 13.9. The lowest BCUT2D eigenvalue weighted by molar-refractivity contribution is 0.140. The van der Waals surface area contributed by atoms with Crippen LogP contribution < -0.4 is 10.1 Å². The Kier molecular flexibility index (Phi) is 5.14. The van der Waals surface area contributed by atoms with Gasteiger partial charge in [0.05, 0.1) is 7.11 Å². The number of hydrogen-bond acceptors (Lipinski definition) is 4. The molecule has 4 rings (SSSR count). The van der Waals surface area contributed by atoms with Gasteiger partial charge in [-0.3, -0.25) is 4.90 Å². The van der Waals surface area contributed by atoms with Crippen molar-refractivity contribution >= 4 is 0 Å². The van der Waals surface area contributed by atoms with E-state index in [4.69, 9.17) is 4.74 Å². The molecule has 2 aromatic carbocycles. The summed E-state index contributed by atoms with van der Waals surface area (Å²) < 4.78 is 5.21. The minimum absolute atomic E-state index is 0.251. The number of piperidine rings is 1. The van der Waals surface area contributed by atoms with Gasteiger partial charge in [0.15, 0.2) is 11.5 Å². The summed E-state index contributed by atoms with van der Waals surface area (Å²) in [6, 6.07) is 15.7. The number of fused-ring (bicyclic) bond motifs is 1. The predicted molar refractivity (Wildman–Crippen MR) is 104 cm³/mol. The van der Waals surface area contributed by atoms with Crippen LogP contribution in [0, 0.1) is 0 Å². The first-order valence-corrected chi connectivity index (χ1v) is 9.63. The van der Waals surface area contributed by atoms with Crippen LogP contribution in [0.4, 0.5) is 0 Å². The zero-order valence-corrected chi connectivity index (χ0v) is 15.4. The topological polar surface area (TPSA) is 44.7 Å². The van der Waals surface area contributed by atoms with Crippen molar-refractivity contribution in [2.75, 3.05) is 20.2 Å². The standard InChI is InChI=1S/C22H28N2O2/c1-26-21-10-4-8-18(22(21)25)14-23-19-9-5-11-24(15-19)20-12-16-6-2-3-7-17(16)13-20/h2-4,6-8,10,19-20,23,25H,5,9,11-15H2,1H3. The van der Waals surface area contributed by atoms with Crippen molar-refractivity contribution in [3.63, 3.8) is 0 Å². The Morgan fingerprint density at radius 3 is 2.62 bits per heavy atom. The van der Waals surface area contributed by atoms with E-state index < -0.39 is 0 Å². The summed E-state index contributed by atoms with van der Waals surface area (Å²) in [7, 11) is 1.59. The maximum absolute atomic E-state index is 10.3. The van der Waals surface area contributed by atoms with Gasteiger partial charge >= 0.3 is 0 Å². The van der Waals surface area contributed by atoms with E-state index in [1.807, 2.05) is 12.1 Å². The molecule has 1 aliphatic carbocycles. The third-order valence-electron chi connectivity index (χ3n) is 5.88. The largest absolute Gasteiger partial charge is 0.504 e. The lowest BCUT2D eigenvalue weighted by Crippen LogP contribution is -2.49. The van der Waals surface area contributed by atoms with Crippen molar-refractivity contribution in [1.82, 2.24) is 10.2 Å². The number of benzene rings is 2. The molecule has 0 spiro atoms. The number of rotatable bonds is 5. The molecule has 0 radical (unpaired) electrons. The van der Waals surface area contributed by atoms with Crippen LogP contribution in [0.15, 0.2) is 42.5 Å². The van der Waals surface area contributed by atoms with Gasteiger partial charge < -0.3 is 15.2 Å². The average Bonchev–Trinajstić information content (AvgIpc) is 3.12. The Morgan fingerprint density at radius 1 is 1.12 bits per heavy atom. The van der Waals surface area contributed by atoms with Gasteiger partial charge in [-0.1, -0.05) is 36.4 Å². The molecule has 0 bridgehead atoms. The SMILES string of the molecule is COc1cccc(CNC2CCCN(C3Cc4ccccc4C3)C2)c1O. The van der Waals surface area contributed by atoms with Crippen LogP contribution >= 0.6 is 0 Å².